The predicted molar refractivity (Wildman–Crippen MR) is 78.0 cm³/mol. The molecule has 0 aliphatic rings. The van der Waals surface area contributed by atoms with Crippen molar-refractivity contribution >= 4 is 17.0 Å². The molecule has 0 radical (unpaired) electrons. The Kier molecular flexibility index (Phi) is 4.20. The molecule has 0 unspecified atom stereocenters. The second-order valence-corrected chi connectivity index (χ2v) is 5.19. The zero-order valence-electron chi connectivity index (χ0n) is 10.6. The lowest BCUT2D eigenvalue weighted by atomic mass is 10.1. The number of nitrogen functional groups attached to an aromatic ring is 1. The van der Waals surface area contributed by atoms with E-state index in [2.05, 4.69) is 6.92 Å². The van der Waals surface area contributed by atoms with Crippen molar-refractivity contribution in [2.24, 2.45) is 0 Å². The number of anilines is 1. The number of rotatable bonds is 5. The molecule has 0 saturated carbocycles. The lowest BCUT2D eigenvalue weighted by molar-refractivity contribution is 0.600. The molecule has 0 aliphatic carbocycles. The third-order valence-corrected chi connectivity index (χ3v) is 3.74. The maximum atomic E-state index is 11.8. The Morgan fingerprint density at radius 3 is 2.61 bits per heavy atom. The van der Waals surface area contributed by atoms with Crippen LogP contribution >= 0.6 is 11.3 Å². The van der Waals surface area contributed by atoms with Crippen LogP contribution in [0.3, 0.4) is 0 Å². The molecule has 2 aromatic rings. The van der Waals surface area contributed by atoms with Crippen LogP contribution in [0.1, 0.15) is 26.2 Å². The largest absolute Gasteiger partial charge is 0.399 e. The van der Waals surface area contributed by atoms with E-state index in [1.165, 1.54) is 11.3 Å². The summed E-state index contributed by atoms with van der Waals surface area (Å²) in [5, 5.41) is 1.93. The number of aromatic nitrogens is 1. The normalized spacial score (nSPS) is 10.7. The number of hydrogen-bond acceptors (Lipinski definition) is 3. The molecule has 1 aromatic carbocycles. The quantitative estimate of drug-likeness (QED) is 0.663. The van der Waals surface area contributed by atoms with E-state index in [0.29, 0.717) is 0 Å². The first-order valence-electron chi connectivity index (χ1n) is 6.26. The van der Waals surface area contributed by atoms with Crippen LogP contribution in [-0.4, -0.2) is 4.57 Å². The average Bonchev–Trinajstić information content (AvgIpc) is 2.73. The van der Waals surface area contributed by atoms with Gasteiger partial charge in [0.15, 0.2) is 0 Å². The molecular weight excluding hydrogens is 244 g/mol. The standard InChI is InChI=1S/C14H18N2OS/c1-2-3-4-9-16-13(10-18-14(16)17)11-5-7-12(15)8-6-11/h5-8,10H,2-4,9,15H2,1H3. The molecule has 96 valence electrons. The van der Waals surface area contributed by atoms with Gasteiger partial charge >= 0.3 is 4.87 Å². The minimum atomic E-state index is 0.123. The predicted octanol–water partition coefficient (Wildman–Crippen LogP) is 3.35. The molecule has 4 heteroatoms. The van der Waals surface area contributed by atoms with Gasteiger partial charge in [-0.1, -0.05) is 43.2 Å². The van der Waals surface area contributed by atoms with Crippen LogP contribution < -0.4 is 10.6 Å². The summed E-state index contributed by atoms with van der Waals surface area (Å²) in [5.74, 6) is 0. The van der Waals surface area contributed by atoms with Crippen LogP contribution in [0.15, 0.2) is 34.4 Å². The van der Waals surface area contributed by atoms with Crippen LogP contribution in [0.5, 0.6) is 0 Å². The van der Waals surface area contributed by atoms with Gasteiger partial charge in [-0.3, -0.25) is 9.36 Å². The molecule has 0 amide bonds. The van der Waals surface area contributed by atoms with Crippen molar-refractivity contribution in [3.8, 4) is 11.3 Å². The lowest BCUT2D eigenvalue weighted by Crippen LogP contribution is -2.14. The molecule has 2 rings (SSSR count). The van der Waals surface area contributed by atoms with Crippen molar-refractivity contribution in [2.75, 3.05) is 5.73 Å². The summed E-state index contributed by atoms with van der Waals surface area (Å²) < 4.78 is 1.87. The summed E-state index contributed by atoms with van der Waals surface area (Å²) in [5.41, 5.74) is 8.48. The van der Waals surface area contributed by atoms with Gasteiger partial charge in [0.05, 0.1) is 5.69 Å². The summed E-state index contributed by atoms with van der Waals surface area (Å²) in [6.45, 7) is 2.97. The highest BCUT2D eigenvalue weighted by Gasteiger charge is 2.08. The molecule has 1 heterocycles. The van der Waals surface area contributed by atoms with Crippen molar-refractivity contribution in [3.05, 3.63) is 39.3 Å². The molecule has 0 atom stereocenters. The molecule has 0 spiro atoms. The van der Waals surface area contributed by atoms with Gasteiger partial charge in [-0.05, 0) is 24.1 Å². The van der Waals surface area contributed by atoms with Crippen LogP contribution in [0.2, 0.25) is 0 Å². The molecule has 1 aromatic heterocycles. The summed E-state index contributed by atoms with van der Waals surface area (Å²) in [6.07, 6.45) is 3.37. The minimum Gasteiger partial charge on any atom is -0.399 e. The van der Waals surface area contributed by atoms with Crippen molar-refractivity contribution in [3.63, 3.8) is 0 Å². The number of benzene rings is 1. The van der Waals surface area contributed by atoms with E-state index < -0.39 is 0 Å². The SMILES string of the molecule is CCCCCn1c(-c2ccc(N)cc2)csc1=O. The minimum absolute atomic E-state index is 0.123. The highest BCUT2D eigenvalue weighted by Crippen LogP contribution is 2.21. The average molecular weight is 262 g/mol. The molecule has 0 aliphatic heterocycles. The van der Waals surface area contributed by atoms with Gasteiger partial charge in [0.1, 0.15) is 0 Å². The Bertz CT molecular complexity index is 554. The van der Waals surface area contributed by atoms with Crippen molar-refractivity contribution < 1.29 is 0 Å². The third kappa shape index (κ3) is 2.82. The molecule has 0 bridgehead atoms. The fraction of sp³-hybridized carbons (Fsp3) is 0.357. The van der Waals surface area contributed by atoms with Gasteiger partial charge in [-0.2, -0.15) is 0 Å². The third-order valence-electron chi connectivity index (χ3n) is 2.97. The fourth-order valence-corrected chi connectivity index (χ4v) is 2.73. The van der Waals surface area contributed by atoms with E-state index in [0.717, 1.165) is 42.8 Å². The van der Waals surface area contributed by atoms with Crippen LogP contribution in [0, 0.1) is 0 Å². The first kappa shape index (κ1) is 12.9. The van der Waals surface area contributed by atoms with Gasteiger partial charge in [0, 0.05) is 17.6 Å². The van der Waals surface area contributed by atoms with Crippen molar-refractivity contribution in [2.45, 2.75) is 32.7 Å². The van der Waals surface area contributed by atoms with E-state index in [1.807, 2.05) is 34.2 Å². The molecule has 2 N–H and O–H groups in total. The highest BCUT2D eigenvalue weighted by atomic mass is 32.1. The van der Waals surface area contributed by atoms with Crippen molar-refractivity contribution in [1.82, 2.24) is 4.57 Å². The van der Waals surface area contributed by atoms with E-state index in [4.69, 9.17) is 5.73 Å². The Morgan fingerprint density at radius 2 is 1.94 bits per heavy atom. The Labute approximate surface area is 111 Å². The lowest BCUT2D eigenvalue weighted by Gasteiger charge is -2.07. The second kappa shape index (κ2) is 5.87. The van der Waals surface area contributed by atoms with Crippen molar-refractivity contribution in [1.29, 1.82) is 0 Å². The zero-order valence-corrected chi connectivity index (χ0v) is 11.4. The number of nitrogens with two attached hydrogens (primary N) is 1. The van der Waals surface area contributed by atoms with E-state index >= 15 is 0 Å². The summed E-state index contributed by atoms with van der Waals surface area (Å²) in [7, 11) is 0. The van der Waals surface area contributed by atoms with Crippen LogP contribution in [-0.2, 0) is 6.54 Å². The number of thiazole rings is 1. The summed E-state index contributed by atoms with van der Waals surface area (Å²) in [6, 6.07) is 7.67. The molecular formula is C14H18N2OS. The molecule has 3 nitrogen and oxygen atoms in total. The van der Waals surface area contributed by atoms with Crippen LogP contribution in [0.4, 0.5) is 5.69 Å². The first-order chi connectivity index (χ1) is 8.72. The monoisotopic (exact) mass is 262 g/mol. The van der Waals surface area contributed by atoms with E-state index in [1.54, 1.807) is 0 Å². The number of hydrogen-bond donors (Lipinski definition) is 1. The Hall–Kier alpha value is -1.55. The fourth-order valence-electron chi connectivity index (χ4n) is 1.94. The topological polar surface area (TPSA) is 48.0 Å². The van der Waals surface area contributed by atoms with Gasteiger partial charge in [-0.25, -0.2) is 0 Å². The first-order valence-corrected chi connectivity index (χ1v) is 7.14. The van der Waals surface area contributed by atoms with E-state index in [-0.39, 0.29) is 4.87 Å². The summed E-state index contributed by atoms with van der Waals surface area (Å²) in [4.78, 5) is 12.0. The van der Waals surface area contributed by atoms with E-state index in [9.17, 15) is 4.79 Å². The molecule has 0 saturated heterocycles. The van der Waals surface area contributed by atoms with Gasteiger partial charge < -0.3 is 5.73 Å². The van der Waals surface area contributed by atoms with Gasteiger partial charge in [-0.15, -0.1) is 0 Å². The Balaban J connectivity index is 2.27. The molecule has 0 fully saturated rings. The summed E-state index contributed by atoms with van der Waals surface area (Å²) >= 11 is 1.26. The smallest absolute Gasteiger partial charge is 0.307 e. The highest BCUT2D eigenvalue weighted by molar-refractivity contribution is 7.07. The maximum absolute atomic E-state index is 11.8. The maximum Gasteiger partial charge on any atom is 0.307 e. The Morgan fingerprint density at radius 1 is 1.22 bits per heavy atom. The van der Waals surface area contributed by atoms with Gasteiger partial charge in [0.25, 0.3) is 0 Å². The van der Waals surface area contributed by atoms with Gasteiger partial charge in [0.2, 0.25) is 0 Å². The number of unbranched alkanes of at least 4 members (excludes halogenated alkanes) is 2. The second-order valence-electron chi connectivity index (χ2n) is 4.37. The molecule has 18 heavy (non-hydrogen) atoms. The zero-order chi connectivity index (χ0) is 13.0. The number of nitrogens with zero attached hydrogens (tertiary/aromatic N) is 1. The van der Waals surface area contributed by atoms with Crippen LogP contribution in [0.25, 0.3) is 11.3 Å².